The Labute approximate surface area is 153 Å². The molecule has 0 radical (unpaired) electrons. The lowest BCUT2D eigenvalue weighted by Crippen LogP contribution is -2.57. The number of guanidine groups is 1. The van der Waals surface area contributed by atoms with Crippen LogP contribution in [0.5, 0.6) is 0 Å². The number of hydrogen-bond acceptors (Lipinski definition) is 3. The normalized spacial score (nSPS) is 20.4. The van der Waals surface area contributed by atoms with E-state index in [9.17, 15) is 4.79 Å². The maximum atomic E-state index is 12.5. The number of nitrogens with zero attached hydrogens (tertiary/aromatic N) is 3. The van der Waals surface area contributed by atoms with Crippen LogP contribution in [0.4, 0.5) is 0 Å². The molecule has 1 aromatic carbocycles. The summed E-state index contributed by atoms with van der Waals surface area (Å²) in [6.45, 7) is 6.95. The lowest BCUT2D eigenvalue weighted by molar-refractivity contribution is -0.135. The monoisotopic (exact) mass is 364 g/mol. The Balaban J connectivity index is 1.53. The second kappa shape index (κ2) is 7.62. The van der Waals surface area contributed by atoms with Crippen molar-refractivity contribution in [3.8, 4) is 0 Å². The summed E-state index contributed by atoms with van der Waals surface area (Å²) in [6.07, 6.45) is 0. The van der Waals surface area contributed by atoms with E-state index in [1.807, 2.05) is 34.1 Å². The molecule has 7 heteroatoms. The van der Waals surface area contributed by atoms with Gasteiger partial charge in [-0.3, -0.25) is 9.79 Å². The number of benzene rings is 1. The number of amides is 1. The lowest BCUT2D eigenvalue weighted by atomic mass is 9.89. The summed E-state index contributed by atoms with van der Waals surface area (Å²) in [5.41, 5.74) is 1.25. The van der Waals surface area contributed by atoms with Gasteiger partial charge in [-0.05, 0) is 17.7 Å². The molecule has 0 spiro atoms. The summed E-state index contributed by atoms with van der Waals surface area (Å²) in [6, 6.07) is 7.63. The van der Waals surface area contributed by atoms with E-state index in [1.54, 1.807) is 7.05 Å². The van der Waals surface area contributed by atoms with Gasteiger partial charge < -0.3 is 19.9 Å². The molecule has 0 atom stereocenters. The summed E-state index contributed by atoms with van der Waals surface area (Å²) in [7, 11) is 1.76. The van der Waals surface area contributed by atoms with Crippen molar-refractivity contribution in [2.45, 2.75) is 13.5 Å². The van der Waals surface area contributed by atoms with Gasteiger partial charge in [0.2, 0.25) is 5.91 Å². The number of carbonyl (C=O) groups excluding carboxylic acids is 1. The quantitative estimate of drug-likeness (QED) is 0.651. The zero-order valence-electron chi connectivity index (χ0n) is 14.8. The minimum atomic E-state index is 0.113. The molecular formula is C18H25ClN4O2. The fourth-order valence-corrected chi connectivity index (χ4v) is 3.17. The van der Waals surface area contributed by atoms with E-state index in [1.165, 1.54) is 0 Å². The summed E-state index contributed by atoms with van der Waals surface area (Å²) in [4.78, 5) is 20.8. The Morgan fingerprint density at radius 2 is 2.04 bits per heavy atom. The first-order valence-corrected chi connectivity index (χ1v) is 8.92. The molecule has 0 aliphatic carbocycles. The van der Waals surface area contributed by atoms with Crippen LogP contribution in [-0.2, 0) is 16.1 Å². The number of nitrogens with one attached hydrogen (secondary N) is 1. The average molecular weight is 365 g/mol. The van der Waals surface area contributed by atoms with Crippen LogP contribution in [0, 0.1) is 5.41 Å². The number of ether oxygens (including phenoxy) is 1. The maximum absolute atomic E-state index is 12.5. The van der Waals surface area contributed by atoms with E-state index in [2.05, 4.69) is 17.2 Å². The van der Waals surface area contributed by atoms with Crippen molar-refractivity contribution >= 4 is 23.5 Å². The lowest BCUT2D eigenvalue weighted by Gasteiger charge is -2.40. The van der Waals surface area contributed by atoms with Gasteiger partial charge in [0.05, 0.1) is 19.8 Å². The molecule has 1 N–H and O–H groups in total. The van der Waals surface area contributed by atoms with Crippen molar-refractivity contribution in [2.24, 2.45) is 10.4 Å². The molecule has 2 aliphatic rings. The van der Waals surface area contributed by atoms with Gasteiger partial charge in [0.15, 0.2) is 5.96 Å². The predicted molar refractivity (Wildman–Crippen MR) is 98.7 cm³/mol. The third-order valence-electron chi connectivity index (χ3n) is 4.69. The van der Waals surface area contributed by atoms with E-state index in [0.29, 0.717) is 24.7 Å². The van der Waals surface area contributed by atoms with Crippen LogP contribution in [0.3, 0.4) is 0 Å². The topological polar surface area (TPSA) is 57.2 Å². The number of halogens is 1. The first-order valence-electron chi connectivity index (χ1n) is 8.55. The minimum Gasteiger partial charge on any atom is -0.380 e. The highest BCUT2D eigenvalue weighted by Gasteiger charge is 2.34. The summed E-state index contributed by atoms with van der Waals surface area (Å²) < 4.78 is 5.28. The molecule has 136 valence electrons. The maximum Gasteiger partial charge on any atom is 0.242 e. The molecule has 2 heterocycles. The molecule has 3 rings (SSSR count). The van der Waals surface area contributed by atoms with Crippen molar-refractivity contribution in [3.05, 3.63) is 34.9 Å². The Morgan fingerprint density at radius 3 is 2.60 bits per heavy atom. The number of hydrogen-bond donors (Lipinski definition) is 1. The van der Waals surface area contributed by atoms with Gasteiger partial charge in [0, 0.05) is 43.7 Å². The van der Waals surface area contributed by atoms with Gasteiger partial charge in [-0.2, -0.15) is 0 Å². The molecule has 2 fully saturated rings. The fraction of sp³-hybridized carbons (Fsp3) is 0.556. The smallest absolute Gasteiger partial charge is 0.242 e. The Morgan fingerprint density at radius 1 is 1.32 bits per heavy atom. The molecule has 2 aliphatic heterocycles. The summed E-state index contributed by atoms with van der Waals surface area (Å²) in [5.74, 6) is 0.898. The van der Waals surface area contributed by atoms with Crippen molar-refractivity contribution in [2.75, 3.05) is 46.4 Å². The first kappa shape index (κ1) is 18.0. The fourth-order valence-electron chi connectivity index (χ4n) is 3.04. The van der Waals surface area contributed by atoms with Crippen LogP contribution in [-0.4, -0.2) is 68.1 Å². The number of piperazine rings is 1. The largest absolute Gasteiger partial charge is 0.380 e. The molecule has 2 saturated heterocycles. The molecule has 6 nitrogen and oxygen atoms in total. The van der Waals surface area contributed by atoms with Gasteiger partial charge in [-0.1, -0.05) is 30.7 Å². The zero-order valence-corrected chi connectivity index (χ0v) is 15.6. The molecule has 1 aromatic rings. The Bertz CT molecular complexity index is 643. The van der Waals surface area contributed by atoms with Gasteiger partial charge in [0.1, 0.15) is 0 Å². The van der Waals surface area contributed by atoms with Gasteiger partial charge in [-0.25, -0.2) is 0 Å². The zero-order chi connectivity index (χ0) is 17.9. The third-order valence-corrected chi connectivity index (χ3v) is 4.94. The van der Waals surface area contributed by atoms with E-state index in [-0.39, 0.29) is 11.3 Å². The minimum absolute atomic E-state index is 0.113. The third kappa shape index (κ3) is 4.44. The molecule has 0 aromatic heterocycles. The Hall–Kier alpha value is -1.79. The van der Waals surface area contributed by atoms with Crippen LogP contribution < -0.4 is 5.32 Å². The number of carbonyl (C=O) groups is 1. The van der Waals surface area contributed by atoms with Crippen LogP contribution in [0.25, 0.3) is 0 Å². The second-order valence-corrected chi connectivity index (χ2v) is 7.50. The standard InChI is InChI=1S/C18H25ClN4O2/c1-18(12-25-13-18)11-21-17(20-2)23-8-7-22(16(24)10-23)9-14-3-5-15(19)6-4-14/h3-6H,7-13H2,1-2H3,(H,20,21). The van der Waals surface area contributed by atoms with E-state index in [0.717, 1.165) is 37.8 Å². The number of aliphatic imine (C=N–C) groups is 1. The van der Waals surface area contributed by atoms with Crippen LogP contribution in [0.2, 0.25) is 5.02 Å². The summed E-state index contributed by atoms with van der Waals surface area (Å²) >= 11 is 5.91. The van der Waals surface area contributed by atoms with Crippen molar-refractivity contribution in [1.82, 2.24) is 15.1 Å². The molecular weight excluding hydrogens is 340 g/mol. The van der Waals surface area contributed by atoms with Crippen LogP contribution in [0.15, 0.2) is 29.3 Å². The molecule has 0 bridgehead atoms. The second-order valence-electron chi connectivity index (χ2n) is 7.07. The molecule has 25 heavy (non-hydrogen) atoms. The molecule has 0 saturated carbocycles. The molecule has 1 amide bonds. The van der Waals surface area contributed by atoms with Crippen molar-refractivity contribution in [1.29, 1.82) is 0 Å². The Kier molecular flexibility index (Phi) is 5.49. The van der Waals surface area contributed by atoms with Gasteiger partial charge in [-0.15, -0.1) is 0 Å². The predicted octanol–water partition coefficient (Wildman–Crippen LogP) is 1.60. The average Bonchev–Trinajstić information content (AvgIpc) is 2.58. The first-order chi connectivity index (χ1) is 12.0. The highest BCUT2D eigenvalue weighted by Crippen LogP contribution is 2.25. The van der Waals surface area contributed by atoms with Crippen LogP contribution in [0.1, 0.15) is 12.5 Å². The van der Waals surface area contributed by atoms with Crippen molar-refractivity contribution in [3.63, 3.8) is 0 Å². The van der Waals surface area contributed by atoms with E-state index < -0.39 is 0 Å². The van der Waals surface area contributed by atoms with Gasteiger partial charge in [0.25, 0.3) is 0 Å². The highest BCUT2D eigenvalue weighted by molar-refractivity contribution is 6.30. The molecule has 0 unspecified atom stereocenters. The number of rotatable bonds is 4. The van der Waals surface area contributed by atoms with E-state index >= 15 is 0 Å². The highest BCUT2D eigenvalue weighted by atomic mass is 35.5. The van der Waals surface area contributed by atoms with Gasteiger partial charge >= 0.3 is 0 Å². The van der Waals surface area contributed by atoms with E-state index in [4.69, 9.17) is 16.3 Å². The SMILES string of the molecule is CN=C(NCC1(C)COC1)N1CCN(Cc2ccc(Cl)cc2)C(=O)C1. The van der Waals surface area contributed by atoms with Crippen LogP contribution >= 0.6 is 11.6 Å². The van der Waals surface area contributed by atoms with Crippen molar-refractivity contribution < 1.29 is 9.53 Å². The summed E-state index contributed by atoms with van der Waals surface area (Å²) in [5, 5.41) is 4.09.